The van der Waals surface area contributed by atoms with Crippen LogP contribution in [0.1, 0.15) is 30.2 Å². The molecule has 2 N–H and O–H groups in total. The van der Waals surface area contributed by atoms with Gasteiger partial charge in [0.1, 0.15) is 0 Å². The first-order valence-electron chi connectivity index (χ1n) is 7.59. The molecule has 2 aromatic rings. The predicted octanol–water partition coefficient (Wildman–Crippen LogP) is 3.99. The van der Waals surface area contributed by atoms with Gasteiger partial charge in [-0.2, -0.15) is 0 Å². The second-order valence-corrected chi connectivity index (χ2v) is 7.57. The Bertz CT molecular complexity index is 587. The summed E-state index contributed by atoms with van der Waals surface area (Å²) >= 11 is 1.61. The highest BCUT2D eigenvalue weighted by atomic mass is 35.5. The van der Waals surface area contributed by atoms with Crippen molar-refractivity contribution in [2.24, 2.45) is 5.41 Å². The zero-order valence-corrected chi connectivity index (χ0v) is 14.6. The van der Waals surface area contributed by atoms with E-state index in [-0.39, 0.29) is 12.4 Å². The highest BCUT2D eigenvalue weighted by Crippen LogP contribution is 2.35. The summed E-state index contributed by atoms with van der Waals surface area (Å²) in [5, 5.41) is 0.677. The van der Waals surface area contributed by atoms with Gasteiger partial charge in [-0.25, -0.2) is 4.98 Å². The number of thiazole rings is 1. The second kappa shape index (κ2) is 7.44. The monoisotopic (exact) mass is 337 g/mol. The molecule has 1 fully saturated rings. The molecular formula is C17H24ClN3S. The smallest absolute Gasteiger partial charge is 0.180 e. The summed E-state index contributed by atoms with van der Waals surface area (Å²) in [5.74, 6) is 0. The third-order valence-corrected chi connectivity index (χ3v) is 5.26. The lowest BCUT2D eigenvalue weighted by molar-refractivity contribution is 0.258. The number of halogens is 1. The predicted molar refractivity (Wildman–Crippen MR) is 96.5 cm³/mol. The number of nitrogens with zero attached hydrogens (tertiary/aromatic N) is 2. The number of hydrogen-bond acceptors (Lipinski definition) is 4. The Morgan fingerprint density at radius 3 is 2.77 bits per heavy atom. The van der Waals surface area contributed by atoms with E-state index in [0.717, 1.165) is 6.54 Å². The molecule has 1 aliphatic heterocycles. The Morgan fingerprint density at radius 2 is 2.09 bits per heavy atom. The molecule has 1 saturated heterocycles. The van der Waals surface area contributed by atoms with E-state index in [1.54, 1.807) is 11.3 Å². The van der Waals surface area contributed by atoms with Crippen LogP contribution in [-0.4, -0.2) is 23.0 Å². The largest absolute Gasteiger partial charge is 0.375 e. The van der Waals surface area contributed by atoms with Crippen molar-refractivity contribution >= 4 is 28.9 Å². The molecule has 3 nitrogen and oxygen atoms in total. The highest BCUT2D eigenvalue weighted by molar-refractivity contribution is 7.15. The Balaban J connectivity index is 0.00000176. The molecule has 120 valence electrons. The lowest BCUT2D eigenvalue weighted by Gasteiger charge is -2.24. The van der Waals surface area contributed by atoms with Crippen LogP contribution in [0.2, 0.25) is 0 Å². The zero-order chi connectivity index (χ0) is 14.7. The Hall–Kier alpha value is -1.10. The molecule has 0 amide bonds. The molecule has 1 atom stereocenters. The number of rotatable bonds is 5. The van der Waals surface area contributed by atoms with Gasteiger partial charge in [-0.15, -0.1) is 23.7 Å². The summed E-state index contributed by atoms with van der Waals surface area (Å²) in [4.78, 5) is 7.96. The van der Waals surface area contributed by atoms with Crippen LogP contribution in [0.25, 0.3) is 0 Å². The summed E-state index contributed by atoms with van der Waals surface area (Å²) < 4.78 is 0. The third kappa shape index (κ3) is 4.45. The number of anilines is 1. The number of aryl methyl sites for hydroxylation is 1. The van der Waals surface area contributed by atoms with Gasteiger partial charge in [0, 0.05) is 24.2 Å². The Labute approximate surface area is 143 Å². The zero-order valence-electron chi connectivity index (χ0n) is 13.0. The van der Waals surface area contributed by atoms with Gasteiger partial charge in [0.25, 0.3) is 0 Å². The van der Waals surface area contributed by atoms with Crippen LogP contribution < -0.4 is 5.73 Å². The average molecular weight is 338 g/mol. The molecule has 0 radical (unpaired) electrons. The highest BCUT2D eigenvalue weighted by Gasteiger charge is 2.33. The molecule has 0 saturated carbocycles. The van der Waals surface area contributed by atoms with Crippen molar-refractivity contribution in [2.75, 3.05) is 18.8 Å². The molecule has 0 spiro atoms. The molecule has 1 aromatic carbocycles. The first-order chi connectivity index (χ1) is 10.1. The van der Waals surface area contributed by atoms with Gasteiger partial charge in [-0.1, -0.05) is 37.3 Å². The maximum Gasteiger partial charge on any atom is 0.180 e. The summed E-state index contributed by atoms with van der Waals surface area (Å²) in [7, 11) is 0. The van der Waals surface area contributed by atoms with Crippen LogP contribution >= 0.6 is 23.7 Å². The quantitative estimate of drug-likeness (QED) is 0.896. The van der Waals surface area contributed by atoms with Crippen molar-refractivity contribution in [2.45, 2.75) is 32.7 Å². The molecule has 5 heteroatoms. The lowest BCUT2D eigenvalue weighted by Crippen LogP contribution is -2.25. The van der Waals surface area contributed by atoms with Gasteiger partial charge in [0.15, 0.2) is 5.13 Å². The molecule has 2 heterocycles. The minimum Gasteiger partial charge on any atom is -0.375 e. The van der Waals surface area contributed by atoms with Crippen LogP contribution in [0, 0.1) is 5.41 Å². The van der Waals surface area contributed by atoms with E-state index in [2.05, 4.69) is 47.1 Å². The van der Waals surface area contributed by atoms with Crippen LogP contribution in [0.4, 0.5) is 5.13 Å². The molecule has 1 aliphatic rings. The first-order valence-corrected chi connectivity index (χ1v) is 8.41. The number of hydrogen-bond donors (Lipinski definition) is 1. The van der Waals surface area contributed by atoms with Gasteiger partial charge in [-0.3, -0.25) is 4.90 Å². The minimum atomic E-state index is 0. The Kier molecular flexibility index (Phi) is 5.84. The van der Waals surface area contributed by atoms with E-state index >= 15 is 0 Å². The summed E-state index contributed by atoms with van der Waals surface area (Å²) in [6.45, 7) is 5.79. The number of likely N-dealkylation sites (tertiary alicyclic amines) is 1. The topological polar surface area (TPSA) is 42.2 Å². The minimum absolute atomic E-state index is 0. The van der Waals surface area contributed by atoms with E-state index < -0.39 is 0 Å². The first kappa shape index (κ1) is 17.3. The van der Waals surface area contributed by atoms with Crippen molar-refractivity contribution in [3.05, 3.63) is 47.0 Å². The molecule has 22 heavy (non-hydrogen) atoms. The number of aromatic nitrogens is 1. The van der Waals surface area contributed by atoms with Gasteiger partial charge in [-0.05, 0) is 36.8 Å². The van der Waals surface area contributed by atoms with E-state index in [4.69, 9.17) is 5.73 Å². The van der Waals surface area contributed by atoms with Gasteiger partial charge in [0.2, 0.25) is 0 Å². The van der Waals surface area contributed by atoms with Crippen LogP contribution in [-0.2, 0) is 13.0 Å². The van der Waals surface area contributed by atoms with Crippen molar-refractivity contribution in [3.63, 3.8) is 0 Å². The fourth-order valence-corrected chi connectivity index (χ4v) is 3.90. The molecule has 3 rings (SSSR count). The fraction of sp³-hybridized carbons (Fsp3) is 0.471. The lowest BCUT2D eigenvalue weighted by atomic mass is 9.83. The maximum absolute atomic E-state index is 5.71. The van der Waals surface area contributed by atoms with Gasteiger partial charge < -0.3 is 5.73 Å². The second-order valence-electron chi connectivity index (χ2n) is 6.42. The third-order valence-electron chi connectivity index (χ3n) is 4.45. The van der Waals surface area contributed by atoms with Crippen molar-refractivity contribution in [1.29, 1.82) is 0 Å². The molecule has 0 aliphatic carbocycles. The number of nitrogen functional groups attached to an aromatic ring is 1. The number of benzene rings is 1. The fourth-order valence-electron chi connectivity index (χ4n) is 3.17. The van der Waals surface area contributed by atoms with Crippen molar-refractivity contribution < 1.29 is 0 Å². The van der Waals surface area contributed by atoms with E-state index in [1.165, 1.54) is 42.8 Å². The maximum atomic E-state index is 5.71. The van der Waals surface area contributed by atoms with Crippen LogP contribution in [0.15, 0.2) is 36.5 Å². The SMILES string of the molecule is CC1(CCc2ccccc2)CCN(Cc2cnc(N)s2)C1.Cl. The average Bonchev–Trinajstić information content (AvgIpc) is 3.05. The molecule has 0 bridgehead atoms. The van der Waals surface area contributed by atoms with E-state index in [1.807, 2.05) is 6.20 Å². The normalized spacial score (nSPS) is 21.7. The van der Waals surface area contributed by atoms with Crippen LogP contribution in [0.3, 0.4) is 0 Å². The summed E-state index contributed by atoms with van der Waals surface area (Å²) in [6, 6.07) is 10.8. The molecule has 1 aromatic heterocycles. The number of nitrogens with two attached hydrogens (primary N) is 1. The van der Waals surface area contributed by atoms with Crippen molar-refractivity contribution in [3.8, 4) is 0 Å². The molecule has 1 unspecified atom stereocenters. The van der Waals surface area contributed by atoms with E-state index in [9.17, 15) is 0 Å². The van der Waals surface area contributed by atoms with Crippen LogP contribution in [0.5, 0.6) is 0 Å². The standard InChI is InChI=1S/C17H23N3S.ClH/c1-17(8-7-14-5-3-2-4-6-14)9-10-20(13-17)12-15-11-19-16(18)21-15;/h2-6,11H,7-10,12-13H2,1H3,(H2,18,19);1H. The van der Waals surface area contributed by atoms with E-state index in [0.29, 0.717) is 10.5 Å². The molecular weight excluding hydrogens is 314 g/mol. The Morgan fingerprint density at radius 1 is 1.32 bits per heavy atom. The van der Waals surface area contributed by atoms with Gasteiger partial charge >= 0.3 is 0 Å². The summed E-state index contributed by atoms with van der Waals surface area (Å²) in [5.41, 5.74) is 7.60. The van der Waals surface area contributed by atoms with Crippen molar-refractivity contribution in [1.82, 2.24) is 9.88 Å². The van der Waals surface area contributed by atoms with Gasteiger partial charge in [0.05, 0.1) is 0 Å². The summed E-state index contributed by atoms with van der Waals surface area (Å²) in [6.07, 6.45) is 5.64.